The molecule has 0 spiro atoms. The number of carbonyl (C=O) groups excluding carboxylic acids is 1. The average molecular weight is 395 g/mol. The molecule has 0 bridgehead atoms. The summed E-state index contributed by atoms with van der Waals surface area (Å²) in [5.41, 5.74) is 0.867. The first-order chi connectivity index (χ1) is 11.6. The molecule has 2 aromatic heterocycles. The van der Waals surface area contributed by atoms with Crippen LogP contribution in [0, 0.1) is 6.92 Å². The van der Waals surface area contributed by atoms with Crippen LogP contribution in [-0.2, 0) is 0 Å². The number of hydrogen-bond donors (Lipinski definition) is 0. The van der Waals surface area contributed by atoms with Crippen molar-refractivity contribution in [3.05, 3.63) is 40.4 Å². The third-order valence-corrected chi connectivity index (χ3v) is 4.30. The fourth-order valence-corrected chi connectivity index (χ4v) is 2.81. The van der Waals surface area contributed by atoms with E-state index in [2.05, 4.69) is 31.0 Å². The minimum absolute atomic E-state index is 0.0634. The highest BCUT2D eigenvalue weighted by Crippen LogP contribution is 2.16. The summed E-state index contributed by atoms with van der Waals surface area (Å²) in [5, 5.41) is 7.93. The smallest absolute Gasteiger partial charge is 0.289 e. The van der Waals surface area contributed by atoms with Gasteiger partial charge in [-0.05, 0) is 41.1 Å². The fraction of sp³-hybridized carbons (Fsp3) is 0.438. The molecule has 128 valence electrons. The predicted octanol–water partition coefficient (Wildman–Crippen LogP) is 1.98. The predicted molar refractivity (Wildman–Crippen MR) is 91.0 cm³/mol. The number of rotatable bonds is 5. The first-order valence-corrected chi connectivity index (χ1v) is 8.61. The van der Waals surface area contributed by atoms with Crippen molar-refractivity contribution >= 4 is 21.8 Å². The van der Waals surface area contributed by atoms with Crippen LogP contribution in [-0.4, -0.2) is 65.2 Å². The Kier molecular flexibility index (Phi) is 5.47. The molecule has 1 aliphatic heterocycles. The average Bonchev–Trinajstić information content (AvgIpc) is 3.03. The number of carbonyl (C=O) groups is 1. The van der Waals surface area contributed by atoms with Gasteiger partial charge in [0.1, 0.15) is 6.61 Å². The monoisotopic (exact) mass is 394 g/mol. The molecule has 0 aliphatic carbocycles. The molecule has 1 aliphatic rings. The number of amides is 1. The Morgan fingerprint density at radius 2 is 2.00 bits per heavy atom. The highest BCUT2D eigenvalue weighted by atomic mass is 79.9. The Balaban J connectivity index is 1.40. The van der Waals surface area contributed by atoms with Gasteiger partial charge in [0.15, 0.2) is 10.4 Å². The largest absolute Gasteiger partial charge is 0.475 e. The molecule has 0 aromatic carbocycles. The summed E-state index contributed by atoms with van der Waals surface area (Å²) in [6.07, 6.45) is 0. The fourth-order valence-electron chi connectivity index (χ4n) is 2.50. The van der Waals surface area contributed by atoms with E-state index in [0.717, 1.165) is 25.3 Å². The van der Waals surface area contributed by atoms with Crippen LogP contribution in [0.5, 0.6) is 5.88 Å². The number of ether oxygens (including phenoxy) is 1. The highest BCUT2D eigenvalue weighted by molar-refractivity contribution is 9.10. The lowest BCUT2D eigenvalue weighted by molar-refractivity contribution is 0.0588. The number of aromatic nitrogens is 2. The van der Waals surface area contributed by atoms with Crippen LogP contribution in [0.1, 0.15) is 16.2 Å². The van der Waals surface area contributed by atoms with Crippen LogP contribution in [0.25, 0.3) is 0 Å². The molecule has 7 nitrogen and oxygen atoms in total. The van der Waals surface area contributed by atoms with E-state index in [4.69, 9.17) is 9.15 Å². The van der Waals surface area contributed by atoms with Crippen LogP contribution >= 0.6 is 15.9 Å². The van der Waals surface area contributed by atoms with Crippen molar-refractivity contribution in [2.45, 2.75) is 6.92 Å². The molecule has 0 N–H and O–H groups in total. The maximum atomic E-state index is 12.3. The van der Waals surface area contributed by atoms with Crippen molar-refractivity contribution in [1.29, 1.82) is 0 Å². The Hall–Kier alpha value is -1.93. The molecule has 0 unspecified atom stereocenters. The van der Waals surface area contributed by atoms with E-state index in [1.807, 2.05) is 24.0 Å². The third kappa shape index (κ3) is 4.33. The highest BCUT2D eigenvalue weighted by Gasteiger charge is 2.24. The molecule has 3 rings (SSSR count). The van der Waals surface area contributed by atoms with Crippen molar-refractivity contribution in [2.24, 2.45) is 0 Å². The Morgan fingerprint density at radius 3 is 2.62 bits per heavy atom. The topological polar surface area (TPSA) is 71.7 Å². The van der Waals surface area contributed by atoms with E-state index in [1.54, 1.807) is 12.1 Å². The minimum Gasteiger partial charge on any atom is -0.475 e. The van der Waals surface area contributed by atoms with E-state index >= 15 is 0 Å². The summed E-state index contributed by atoms with van der Waals surface area (Å²) in [6, 6.07) is 7.12. The number of hydrogen-bond acceptors (Lipinski definition) is 6. The van der Waals surface area contributed by atoms with Crippen molar-refractivity contribution in [1.82, 2.24) is 20.0 Å². The summed E-state index contributed by atoms with van der Waals surface area (Å²) in [5.74, 6) is 0.848. The van der Waals surface area contributed by atoms with Crippen LogP contribution in [0.15, 0.2) is 33.4 Å². The van der Waals surface area contributed by atoms with Gasteiger partial charge in [0.05, 0.1) is 5.69 Å². The van der Waals surface area contributed by atoms with Crippen LogP contribution in [0.4, 0.5) is 0 Å². The normalized spacial score (nSPS) is 15.5. The zero-order chi connectivity index (χ0) is 16.9. The number of aryl methyl sites for hydroxylation is 1. The lowest BCUT2D eigenvalue weighted by Crippen LogP contribution is -2.49. The van der Waals surface area contributed by atoms with Gasteiger partial charge in [0, 0.05) is 38.8 Å². The third-order valence-electron chi connectivity index (χ3n) is 3.87. The maximum absolute atomic E-state index is 12.3. The molecule has 0 saturated carbocycles. The lowest BCUT2D eigenvalue weighted by atomic mass is 10.3. The maximum Gasteiger partial charge on any atom is 0.289 e. The molecular weight excluding hydrogens is 376 g/mol. The van der Waals surface area contributed by atoms with Gasteiger partial charge in [-0.1, -0.05) is 0 Å². The van der Waals surface area contributed by atoms with Crippen molar-refractivity contribution in [2.75, 3.05) is 39.3 Å². The molecular formula is C16H19BrN4O3. The summed E-state index contributed by atoms with van der Waals surface area (Å²) < 4.78 is 11.5. The molecule has 3 heterocycles. The molecule has 1 amide bonds. The van der Waals surface area contributed by atoms with Crippen molar-refractivity contribution in [3.8, 4) is 5.88 Å². The molecule has 0 radical (unpaired) electrons. The number of furan rings is 1. The van der Waals surface area contributed by atoms with Gasteiger partial charge in [-0.15, -0.1) is 5.10 Å². The summed E-state index contributed by atoms with van der Waals surface area (Å²) in [4.78, 5) is 16.4. The first-order valence-electron chi connectivity index (χ1n) is 7.82. The summed E-state index contributed by atoms with van der Waals surface area (Å²) >= 11 is 3.22. The molecule has 24 heavy (non-hydrogen) atoms. The van der Waals surface area contributed by atoms with Crippen LogP contribution < -0.4 is 4.74 Å². The van der Waals surface area contributed by atoms with Gasteiger partial charge in [0.2, 0.25) is 5.88 Å². The molecule has 1 saturated heterocycles. The van der Waals surface area contributed by atoms with Gasteiger partial charge >= 0.3 is 0 Å². The zero-order valence-corrected chi connectivity index (χ0v) is 15.0. The Labute approximate surface area is 148 Å². The van der Waals surface area contributed by atoms with Crippen molar-refractivity contribution in [3.63, 3.8) is 0 Å². The SMILES string of the molecule is Cc1ccc(OCCN2CCN(C(=O)c3ccc(Br)o3)CC2)nn1. The van der Waals surface area contributed by atoms with Crippen LogP contribution in [0.2, 0.25) is 0 Å². The van der Waals surface area contributed by atoms with Gasteiger partial charge in [-0.25, -0.2) is 0 Å². The minimum atomic E-state index is -0.0634. The van der Waals surface area contributed by atoms with Gasteiger partial charge in [-0.2, -0.15) is 5.10 Å². The molecule has 8 heteroatoms. The van der Waals surface area contributed by atoms with Gasteiger partial charge in [0.25, 0.3) is 5.91 Å². The quantitative estimate of drug-likeness (QED) is 0.771. The zero-order valence-electron chi connectivity index (χ0n) is 13.4. The molecule has 2 aromatic rings. The second-order valence-electron chi connectivity index (χ2n) is 5.60. The van der Waals surface area contributed by atoms with Gasteiger partial charge in [-0.3, -0.25) is 9.69 Å². The van der Waals surface area contributed by atoms with E-state index in [-0.39, 0.29) is 5.91 Å². The molecule has 0 atom stereocenters. The number of piperazine rings is 1. The van der Waals surface area contributed by atoms with Crippen LogP contribution in [0.3, 0.4) is 0 Å². The van der Waals surface area contributed by atoms with E-state index in [1.165, 1.54) is 0 Å². The lowest BCUT2D eigenvalue weighted by Gasteiger charge is -2.34. The number of halogens is 1. The second kappa shape index (κ2) is 7.76. The van der Waals surface area contributed by atoms with Gasteiger partial charge < -0.3 is 14.1 Å². The number of nitrogens with zero attached hydrogens (tertiary/aromatic N) is 4. The Morgan fingerprint density at radius 1 is 1.21 bits per heavy atom. The summed E-state index contributed by atoms with van der Waals surface area (Å²) in [7, 11) is 0. The van der Waals surface area contributed by atoms with E-state index in [0.29, 0.717) is 36.0 Å². The van der Waals surface area contributed by atoms with E-state index in [9.17, 15) is 4.79 Å². The first kappa shape index (κ1) is 16.9. The summed E-state index contributed by atoms with van der Waals surface area (Å²) in [6.45, 7) is 6.23. The van der Waals surface area contributed by atoms with Crippen molar-refractivity contribution < 1.29 is 13.9 Å². The molecule has 1 fully saturated rings. The Bertz CT molecular complexity index is 681. The standard InChI is InChI=1S/C16H19BrN4O3/c1-12-2-5-15(19-18-12)23-11-10-20-6-8-21(9-7-20)16(22)13-3-4-14(17)24-13/h2-5H,6-11H2,1H3. The van der Waals surface area contributed by atoms with E-state index < -0.39 is 0 Å². The second-order valence-corrected chi connectivity index (χ2v) is 6.38.